The van der Waals surface area contributed by atoms with Gasteiger partial charge >= 0.3 is 0 Å². The molecule has 0 N–H and O–H groups in total. The van der Waals surface area contributed by atoms with E-state index >= 15 is 0 Å². The molecule has 1 aromatic carbocycles. The maximum Gasteiger partial charge on any atom is 0.227 e. The fourth-order valence-electron chi connectivity index (χ4n) is 1.91. The van der Waals surface area contributed by atoms with Gasteiger partial charge < -0.3 is 9.64 Å². The molecule has 0 aliphatic carbocycles. The van der Waals surface area contributed by atoms with E-state index in [0.717, 1.165) is 11.4 Å². The number of anilines is 1. The third-order valence-corrected chi connectivity index (χ3v) is 2.90. The van der Waals surface area contributed by atoms with Crippen molar-refractivity contribution in [1.82, 2.24) is 0 Å². The molecular weight excluding hydrogens is 238 g/mol. The monoisotopic (exact) mass is 253 g/mol. The minimum absolute atomic E-state index is 0.131. The first-order valence-corrected chi connectivity index (χ1v) is 6.18. The lowest BCUT2D eigenvalue weighted by Gasteiger charge is -2.30. The number of carbonyl (C=O) groups is 1. The number of hydrogen-bond acceptors (Lipinski definition) is 2. The van der Waals surface area contributed by atoms with Crippen LogP contribution in [0.5, 0.6) is 5.75 Å². The number of nitrogens with zero attached hydrogens (tertiary/aromatic N) is 1. The molecule has 1 amide bonds. The van der Waals surface area contributed by atoms with E-state index in [2.05, 4.69) is 0 Å². The van der Waals surface area contributed by atoms with E-state index in [0.29, 0.717) is 30.5 Å². The highest BCUT2D eigenvalue weighted by atomic mass is 35.5. The molecule has 0 unspecified atom stereocenters. The molecule has 17 heavy (non-hydrogen) atoms. The maximum absolute atomic E-state index is 12.1. The van der Waals surface area contributed by atoms with Crippen molar-refractivity contribution in [3.8, 4) is 5.75 Å². The van der Waals surface area contributed by atoms with Crippen molar-refractivity contribution in [3.63, 3.8) is 0 Å². The standard InChI is InChI=1S/C13H16ClNO2/c1-9(2)7-13(16)15-5-6-17-12-4-3-10(14)8-11(12)15/h3-4,8-9H,5-7H2,1-2H3. The van der Waals surface area contributed by atoms with Crippen LogP contribution in [0.3, 0.4) is 0 Å². The Hall–Kier alpha value is -1.22. The Bertz CT molecular complexity index is 431. The van der Waals surface area contributed by atoms with Crippen molar-refractivity contribution in [3.05, 3.63) is 23.2 Å². The summed E-state index contributed by atoms with van der Waals surface area (Å²) in [5.41, 5.74) is 0.786. The topological polar surface area (TPSA) is 29.5 Å². The van der Waals surface area contributed by atoms with Gasteiger partial charge in [-0.3, -0.25) is 4.79 Å². The number of fused-ring (bicyclic) bond motifs is 1. The number of halogens is 1. The Morgan fingerprint density at radius 3 is 3.00 bits per heavy atom. The Labute approximate surface area is 106 Å². The van der Waals surface area contributed by atoms with E-state index in [-0.39, 0.29) is 5.91 Å². The molecule has 0 saturated carbocycles. The molecule has 4 heteroatoms. The molecule has 3 nitrogen and oxygen atoms in total. The fraction of sp³-hybridized carbons (Fsp3) is 0.462. The van der Waals surface area contributed by atoms with Crippen LogP contribution in [0.25, 0.3) is 0 Å². The Morgan fingerprint density at radius 1 is 1.53 bits per heavy atom. The predicted molar refractivity (Wildman–Crippen MR) is 68.8 cm³/mol. The van der Waals surface area contributed by atoms with Crippen molar-refractivity contribution in [2.75, 3.05) is 18.1 Å². The molecule has 0 fully saturated rings. The molecule has 0 saturated heterocycles. The second-order valence-corrected chi connectivity index (χ2v) is 5.04. The van der Waals surface area contributed by atoms with E-state index in [1.54, 1.807) is 17.0 Å². The second-order valence-electron chi connectivity index (χ2n) is 4.60. The van der Waals surface area contributed by atoms with Crippen LogP contribution in [-0.4, -0.2) is 19.1 Å². The highest BCUT2D eigenvalue weighted by Gasteiger charge is 2.24. The van der Waals surface area contributed by atoms with Crippen LogP contribution in [0, 0.1) is 5.92 Å². The van der Waals surface area contributed by atoms with Gasteiger partial charge in [0.25, 0.3) is 0 Å². The van der Waals surface area contributed by atoms with Crippen LogP contribution < -0.4 is 9.64 Å². The van der Waals surface area contributed by atoms with Gasteiger partial charge in [-0.1, -0.05) is 25.4 Å². The van der Waals surface area contributed by atoms with Gasteiger partial charge in [0.05, 0.1) is 12.2 Å². The largest absolute Gasteiger partial charge is 0.490 e. The highest BCUT2D eigenvalue weighted by molar-refractivity contribution is 6.31. The van der Waals surface area contributed by atoms with Crippen LogP contribution in [0.1, 0.15) is 20.3 Å². The first-order valence-electron chi connectivity index (χ1n) is 5.80. The first-order chi connectivity index (χ1) is 8.08. The Balaban J connectivity index is 2.27. The molecule has 1 aromatic rings. The number of benzene rings is 1. The average Bonchev–Trinajstić information content (AvgIpc) is 2.27. The molecule has 0 aromatic heterocycles. The molecule has 0 radical (unpaired) electrons. The molecule has 0 spiro atoms. The summed E-state index contributed by atoms with van der Waals surface area (Å²) < 4.78 is 5.51. The van der Waals surface area contributed by atoms with Crippen molar-refractivity contribution in [2.45, 2.75) is 20.3 Å². The van der Waals surface area contributed by atoms with E-state index in [1.807, 2.05) is 19.9 Å². The van der Waals surface area contributed by atoms with Gasteiger partial charge in [-0.25, -0.2) is 0 Å². The summed E-state index contributed by atoms with van der Waals surface area (Å²) in [7, 11) is 0. The van der Waals surface area contributed by atoms with Gasteiger partial charge in [0.1, 0.15) is 12.4 Å². The number of amides is 1. The van der Waals surface area contributed by atoms with Gasteiger partial charge in [0.15, 0.2) is 0 Å². The average molecular weight is 254 g/mol. The van der Waals surface area contributed by atoms with Crippen LogP contribution in [-0.2, 0) is 4.79 Å². The normalized spacial score (nSPS) is 14.5. The molecule has 92 valence electrons. The Kier molecular flexibility index (Phi) is 3.57. The summed E-state index contributed by atoms with van der Waals surface area (Å²) in [6, 6.07) is 5.37. The quantitative estimate of drug-likeness (QED) is 0.811. The summed E-state index contributed by atoms with van der Waals surface area (Å²) in [4.78, 5) is 13.9. The fourth-order valence-corrected chi connectivity index (χ4v) is 2.08. The minimum atomic E-state index is 0.131. The molecule has 0 atom stereocenters. The maximum atomic E-state index is 12.1. The molecule has 0 bridgehead atoms. The van der Waals surface area contributed by atoms with Gasteiger partial charge in [-0.15, -0.1) is 0 Å². The number of rotatable bonds is 2. The zero-order valence-electron chi connectivity index (χ0n) is 10.1. The third kappa shape index (κ3) is 2.72. The molecule has 1 aliphatic rings. The van der Waals surface area contributed by atoms with Crippen LogP contribution in [0.15, 0.2) is 18.2 Å². The SMILES string of the molecule is CC(C)CC(=O)N1CCOc2ccc(Cl)cc21. The summed E-state index contributed by atoms with van der Waals surface area (Å²) in [5.74, 6) is 1.22. The molecule has 1 heterocycles. The zero-order valence-corrected chi connectivity index (χ0v) is 10.8. The van der Waals surface area contributed by atoms with Gasteiger partial charge in [-0.05, 0) is 24.1 Å². The van der Waals surface area contributed by atoms with Crippen LogP contribution in [0.2, 0.25) is 5.02 Å². The van der Waals surface area contributed by atoms with Gasteiger partial charge in [-0.2, -0.15) is 0 Å². The lowest BCUT2D eigenvalue weighted by Crippen LogP contribution is -2.38. The second kappa shape index (κ2) is 4.96. The van der Waals surface area contributed by atoms with Crippen LogP contribution >= 0.6 is 11.6 Å². The molecule has 1 aliphatic heterocycles. The molecule has 2 rings (SSSR count). The Morgan fingerprint density at radius 2 is 2.29 bits per heavy atom. The summed E-state index contributed by atoms with van der Waals surface area (Å²) in [5, 5.41) is 0.622. The zero-order chi connectivity index (χ0) is 12.4. The summed E-state index contributed by atoms with van der Waals surface area (Å²) >= 11 is 5.96. The van der Waals surface area contributed by atoms with Crippen molar-refractivity contribution >= 4 is 23.2 Å². The van der Waals surface area contributed by atoms with Crippen molar-refractivity contribution in [2.24, 2.45) is 5.92 Å². The van der Waals surface area contributed by atoms with E-state index in [9.17, 15) is 4.79 Å². The van der Waals surface area contributed by atoms with E-state index < -0.39 is 0 Å². The number of ether oxygens (including phenoxy) is 1. The molecular formula is C13H16ClNO2. The van der Waals surface area contributed by atoms with Crippen LogP contribution in [0.4, 0.5) is 5.69 Å². The third-order valence-electron chi connectivity index (χ3n) is 2.67. The lowest BCUT2D eigenvalue weighted by atomic mass is 10.1. The lowest BCUT2D eigenvalue weighted by molar-refractivity contribution is -0.119. The highest BCUT2D eigenvalue weighted by Crippen LogP contribution is 2.34. The predicted octanol–water partition coefficient (Wildman–Crippen LogP) is 3.11. The minimum Gasteiger partial charge on any atom is -0.490 e. The van der Waals surface area contributed by atoms with Gasteiger partial charge in [0, 0.05) is 11.4 Å². The summed E-state index contributed by atoms with van der Waals surface area (Å²) in [6.45, 7) is 5.21. The van der Waals surface area contributed by atoms with Crippen molar-refractivity contribution in [1.29, 1.82) is 0 Å². The van der Waals surface area contributed by atoms with E-state index in [1.165, 1.54) is 0 Å². The number of hydrogen-bond donors (Lipinski definition) is 0. The smallest absolute Gasteiger partial charge is 0.227 e. The first kappa shape index (κ1) is 12.2. The number of carbonyl (C=O) groups excluding carboxylic acids is 1. The van der Waals surface area contributed by atoms with Gasteiger partial charge in [0.2, 0.25) is 5.91 Å². The van der Waals surface area contributed by atoms with Crippen molar-refractivity contribution < 1.29 is 9.53 Å². The van der Waals surface area contributed by atoms with E-state index in [4.69, 9.17) is 16.3 Å². The summed E-state index contributed by atoms with van der Waals surface area (Å²) in [6.07, 6.45) is 0.548.